The maximum Gasteiger partial charge on any atom is 0.122 e. The molecule has 1 aromatic heterocycles. The van der Waals surface area contributed by atoms with E-state index in [4.69, 9.17) is 4.99 Å². The Kier molecular flexibility index (Phi) is 7.99. The first kappa shape index (κ1) is 33.9. The number of thiophene rings is 1. The highest BCUT2D eigenvalue weighted by atomic mass is 32.3. The standard InChI is InChI=1S/C51H42N2S2/c1-6-15-37(36-17-8-7-16-32(36)2)33-24-26-34(27-25-33)49(48-41-20-10-13-22-46(41)54-51(48)52-3)53-44-21-12-9-18-38(44)43-30-35-28-29-40-39-19-11-14-23-47(39)55(4,5)50(40)42(35)31-45(43)53/h6-17,19-31,38,49H,2-3,18H2,1,4-5H3/b15-6?,37-36+. The predicted molar refractivity (Wildman–Crippen MR) is 240 cm³/mol. The van der Waals surface area contributed by atoms with Gasteiger partial charge in [-0.05, 0) is 118 Å². The third-order valence-electron chi connectivity index (χ3n) is 11.9. The summed E-state index contributed by atoms with van der Waals surface area (Å²) in [5.41, 5.74) is 11.6. The monoisotopic (exact) mass is 746 g/mol. The maximum atomic E-state index is 4.74. The van der Waals surface area contributed by atoms with Crippen LogP contribution in [0.15, 0.2) is 172 Å². The van der Waals surface area contributed by atoms with Gasteiger partial charge in [-0.2, -0.15) is 10.0 Å². The number of hydrogen-bond acceptors (Lipinski definition) is 3. The summed E-state index contributed by atoms with van der Waals surface area (Å²) >= 11 is 1.74. The molecule has 2 unspecified atom stereocenters. The summed E-state index contributed by atoms with van der Waals surface area (Å²) in [6.07, 6.45) is 17.2. The summed E-state index contributed by atoms with van der Waals surface area (Å²) in [7, 11) is -1.23. The van der Waals surface area contributed by atoms with Crippen LogP contribution in [0, 0.1) is 0 Å². The Hall–Kier alpha value is -5.68. The van der Waals surface area contributed by atoms with Crippen LogP contribution < -0.4 is 15.3 Å². The molecule has 1 aliphatic carbocycles. The van der Waals surface area contributed by atoms with Gasteiger partial charge in [0.1, 0.15) is 5.00 Å². The molecular formula is C51H42N2S2. The smallest absolute Gasteiger partial charge is 0.122 e. The van der Waals surface area contributed by atoms with Crippen molar-refractivity contribution in [2.45, 2.75) is 35.1 Å². The van der Waals surface area contributed by atoms with Crippen LogP contribution in [-0.4, -0.2) is 19.2 Å². The fourth-order valence-electron chi connectivity index (χ4n) is 9.44. The number of benzene rings is 6. The minimum Gasteiger partial charge on any atom is -0.332 e. The highest BCUT2D eigenvalue weighted by Crippen LogP contribution is 2.69. The van der Waals surface area contributed by atoms with Gasteiger partial charge in [-0.25, -0.2) is 0 Å². The van der Waals surface area contributed by atoms with Crippen LogP contribution in [0.3, 0.4) is 0 Å². The Morgan fingerprint density at radius 2 is 1.65 bits per heavy atom. The lowest BCUT2D eigenvalue weighted by atomic mass is 9.90. The Morgan fingerprint density at radius 1 is 0.873 bits per heavy atom. The fourth-order valence-corrected chi connectivity index (χ4v) is 13.3. The van der Waals surface area contributed by atoms with Crippen molar-refractivity contribution < 1.29 is 0 Å². The van der Waals surface area contributed by atoms with E-state index in [1.54, 1.807) is 11.3 Å². The van der Waals surface area contributed by atoms with Gasteiger partial charge in [0.2, 0.25) is 0 Å². The molecule has 10 rings (SSSR count). The second-order valence-corrected chi connectivity index (χ2v) is 19.7. The van der Waals surface area contributed by atoms with Crippen molar-refractivity contribution in [1.82, 2.24) is 0 Å². The van der Waals surface area contributed by atoms with Gasteiger partial charge in [-0.1, -0.05) is 128 Å². The van der Waals surface area contributed by atoms with Crippen molar-refractivity contribution >= 4 is 71.8 Å². The van der Waals surface area contributed by atoms with Crippen molar-refractivity contribution in [3.05, 3.63) is 190 Å². The van der Waals surface area contributed by atoms with Crippen LogP contribution in [0.1, 0.15) is 47.6 Å². The highest BCUT2D eigenvalue weighted by Gasteiger charge is 2.42. The quantitative estimate of drug-likeness (QED) is 0.155. The van der Waals surface area contributed by atoms with E-state index in [1.807, 2.05) is 0 Å². The van der Waals surface area contributed by atoms with Crippen molar-refractivity contribution in [3.8, 4) is 11.1 Å². The summed E-state index contributed by atoms with van der Waals surface area (Å²) in [4.78, 5) is 10.4. The molecule has 0 amide bonds. The lowest BCUT2D eigenvalue weighted by Gasteiger charge is -2.34. The topological polar surface area (TPSA) is 15.6 Å². The Balaban J connectivity index is 1.24. The van der Waals surface area contributed by atoms with Crippen molar-refractivity contribution in [3.63, 3.8) is 0 Å². The normalized spacial score (nSPS) is 18.1. The predicted octanol–water partition coefficient (Wildman–Crippen LogP) is 12.6. The van der Waals surface area contributed by atoms with Gasteiger partial charge < -0.3 is 4.90 Å². The third-order valence-corrected chi connectivity index (χ3v) is 15.9. The zero-order valence-electron chi connectivity index (χ0n) is 31.4. The van der Waals surface area contributed by atoms with E-state index in [9.17, 15) is 0 Å². The molecule has 2 aliphatic heterocycles. The summed E-state index contributed by atoms with van der Waals surface area (Å²) < 4.78 is 1.23. The lowest BCUT2D eigenvalue weighted by molar-refractivity contribution is 0.738. The first-order valence-corrected chi connectivity index (χ1v) is 22.2. The number of hydrogen-bond donors (Lipinski definition) is 0. The molecule has 0 bridgehead atoms. The zero-order chi connectivity index (χ0) is 37.4. The number of fused-ring (bicyclic) bond motifs is 9. The molecule has 0 saturated carbocycles. The van der Waals surface area contributed by atoms with Crippen molar-refractivity contribution in [2.24, 2.45) is 4.99 Å². The fraction of sp³-hybridized carbons (Fsp3) is 0.118. The van der Waals surface area contributed by atoms with E-state index in [1.165, 1.54) is 81.0 Å². The average molecular weight is 747 g/mol. The van der Waals surface area contributed by atoms with E-state index in [0.29, 0.717) is 0 Å². The van der Waals surface area contributed by atoms with Crippen LogP contribution >= 0.6 is 21.4 Å². The molecule has 3 heterocycles. The molecular weight excluding hydrogens is 705 g/mol. The number of rotatable bonds is 6. The summed E-state index contributed by atoms with van der Waals surface area (Å²) in [5.74, 6) is 0.269. The van der Waals surface area contributed by atoms with Crippen LogP contribution in [0.4, 0.5) is 10.7 Å². The molecule has 0 spiro atoms. The Labute approximate surface area is 328 Å². The minimum atomic E-state index is -1.23. The van der Waals surface area contributed by atoms with Gasteiger partial charge in [0.15, 0.2) is 0 Å². The van der Waals surface area contributed by atoms with E-state index in [2.05, 4.69) is 189 Å². The Bertz CT molecular complexity index is 2940. The molecule has 7 aromatic rings. The van der Waals surface area contributed by atoms with Crippen LogP contribution in [-0.2, 0) is 0 Å². The molecule has 268 valence electrons. The molecule has 0 N–H and O–H groups in total. The second-order valence-electron chi connectivity index (χ2n) is 15.1. The van der Waals surface area contributed by atoms with Gasteiger partial charge in [-0.15, -0.1) is 11.3 Å². The van der Waals surface area contributed by atoms with E-state index in [-0.39, 0.29) is 12.0 Å². The molecule has 3 aliphatic rings. The highest BCUT2D eigenvalue weighted by molar-refractivity contribution is 8.33. The van der Waals surface area contributed by atoms with Crippen LogP contribution in [0.2, 0.25) is 0 Å². The molecule has 0 saturated heterocycles. The van der Waals surface area contributed by atoms with Gasteiger partial charge in [0, 0.05) is 42.7 Å². The molecule has 2 nitrogen and oxygen atoms in total. The molecule has 55 heavy (non-hydrogen) atoms. The molecule has 4 heteroatoms. The number of allylic oxidation sites excluding steroid dienone is 6. The average Bonchev–Trinajstić information content (AvgIpc) is 3.82. The summed E-state index contributed by atoms with van der Waals surface area (Å²) in [6.45, 7) is 10.6. The summed E-state index contributed by atoms with van der Waals surface area (Å²) in [6, 6.07) is 45.1. The minimum absolute atomic E-state index is 0.135. The largest absolute Gasteiger partial charge is 0.332 e. The zero-order valence-corrected chi connectivity index (χ0v) is 33.1. The number of aliphatic imine (C=N–C) groups is 1. The van der Waals surface area contributed by atoms with E-state index in [0.717, 1.165) is 21.9 Å². The first-order valence-electron chi connectivity index (χ1n) is 19.0. The molecule has 6 aromatic carbocycles. The summed E-state index contributed by atoms with van der Waals surface area (Å²) in [5, 5.41) is 7.07. The molecule has 2 atom stereocenters. The van der Waals surface area contributed by atoms with Crippen LogP contribution in [0.5, 0.6) is 0 Å². The lowest BCUT2D eigenvalue weighted by Crippen LogP contribution is -2.27. The Morgan fingerprint density at radius 3 is 2.47 bits per heavy atom. The van der Waals surface area contributed by atoms with Gasteiger partial charge in [0.05, 0.1) is 6.04 Å². The molecule has 0 radical (unpaired) electrons. The van der Waals surface area contributed by atoms with Gasteiger partial charge >= 0.3 is 0 Å². The van der Waals surface area contributed by atoms with E-state index >= 15 is 0 Å². The third kappa shape index (κ3) is 5.12. The molecule has 0 fully saturated rings. The van der Waals surface area contributed by atoms with Crippen molar-refractivity contribution in [2.75, 3.05) is 17.4 Å². The van der Waals surface area contributed by atoms with Crippen LogP contribution in [0.25, 0.3) is 44.1 Å². The second kappa shape index (κ2) is 13.0. The maximum absolute atomic E-state index is 4.74. The van der Waals surface area contributed by atoms with Gasteiger partial charge in [-0.3, -0.25) is 4.99 Å². The van der Waals surface area contributed by atoms with Crippen molar-refractivity contribution in [1.29, 1.82) is 0 Å². The SMILES string of the molecule is C=Nc1sc2ccccc2c1C(c1ccc(/C(C=CC)=c2\ccccc2=C)cc1)N1C2=CC=CCC2c2cc3ccc4c(c3cc21)S(C)(C)c1ccccc1-4. The van der Waals surface area contributed by atoms with Gasteiger partial charge in [0.25, 0.3) is 0 Å². The number of anilines is 1. The van der Waals surface area contributed by atoms with E-state index < -0.39 is 10.0 Å². The number of nitrogens with zero attached hydrogens (tertiary/aromatic N) is 2. The first-order chi connectivity index (χ1) is 26.9.